The van der Waals surface area contributed by atoms with Gasteiger partial charge in [0.25, 0.3) is 5.91 Å². The van der Waals surface area contributed by atoms with Gasteiger partial charge in [-0.15, -0.1) is 0 Å². The second-order valence-corrected chi connectivity index (χ2v) is 5.78. The topological polar surface area (TPSA) is 63.3 Å². The molecule has 1 aliphatic rings. The van der Waals surface area contributed by atoms with Crippen molar-refractivity contribution in [1.82, 2.24) is 20.0 Å². The molecular formula is C16H22N4O2. The van der Waals surface area contributed by atoms with E-state index in [1.807, 2.05) is 26.1 Å². The summed E-state index contributed by atoms with van der Waals surface area (Å²) in [6.45, 7) is 4.55. The molecular weight excluding hydrogens is 280 g/mol. The summed E-state index contributed by atoms with van der Waals surface area (Å²) in [7, 11) is 1.84. The molecule has 0 aliphatic carbocycles. The maximum atomic E-state index is 12.3. The third-order valence-corrected chi connectivity index (χ3v) is 4.26. The number of furan rings is 1. The van der Waals surface area contributed by atoms with Crippen molar-refractivity contribution in [1.29, 1.82) is 0 Å². The molecule has 1 N–H and O–H groups in total. The standard InChI is InChI=1S/C16H22N4O2/c1-12-10-13(18-19(12)2)16(21)17-11-14(15-6-5-9-22-15)20-7-3-4-8-20/h5-6,9-10,14H,3-4,7-8,11H2,1-2H3,(H,17,21)/t14-/m0/s1. The molecule has 3 heterocycles. The highest BCUT2D eigenvalue weighted by Gasteiger charge is 2.26. The lowest BCUT2D eigenvalue weighted by molar-refractivity contribution is 0.0928. The Morgan fingerprint density at radius 2 is 2.23 bits per heavy atom. The predicted molar refractivity (Wildman–Crippen MR) is 82.5 cm³/mol. The summed E-state index contributed by atoms with van der Waals surface area (Å²) in [5, 5.41) is 7.20. The Morgan fingerprint density at radius 3 is 2.82 bits per heavy atom. The molecule has 2 aromatic heterocycles. The minimum absolute atomic E-state index is 0.0891. The van der Waals surface area contributed by atoms with Crippen LogP contribution in [0.1, 0.15) is 40.8 Å². The fraction of sp³-hybridized carbons (Fsp3) is 0.500. The zero-order chi connectivity index (χ0) is 15.5. The van der Waals surface area contributed by atoms with Crippen molar-refractivity contribution in [2.45, 2.75) is 25.8 Å². The van der Waals surface area contributed by atoms with Crippen molar-refractivity contribution < 1.29 is 9.21 Å². The molecule has 0 unspecified atom stereocenters. The highest BCUT2D eigenvalue weighted by molar-refractivity contribution is 5.92. The smallest absolute Gasteiger partial charge is 0.271 e. The largest absolute Gasteiger partial charge is 0.468 e. The molecule has 1 atom stereocenters. The Hall–Kier alpha value is -2.08. The summed E-state index contributed by atoms with van der Waals surface area (Å²) in [5.41, 5.74) is 1.42. The van der Waals surface area contributed by atoms with Gasteiger partial charge in [0.05, 0.1) is 12.3 Å². The van der Waals surface area contributed by atoms with E-state index < -0.39 is 0 Å². The maximum Gasteiger partial charge on any atom is 0.271 e. The van der Waals surface area contributed by atoms with E-state index in [9.17, 15) is 4.79 Å². The number of rotatable bonds is 5. The van der Waals surface area contributed by atoms with Crippen molar-refractivity contribution in [2.24, 2.45) is 7.05 Å². The number of carbonyl (C=O) groups is 1. The van der Waals surface area contributed by atoms with Crippen molar-refractivity contribution in [3.8, 4) is 0 Å². The minimum atomic E-state index is -0.139. The molecule has 6 heteroatoms. The third kappa shape index (κ3) is 3.06. The second-order valence-electron chi connectivity index (χ2n) is 5.78. The van der Waals surface area contributed by atoms with Crippen LogP contribution in [0, 0.1) is 6.92 Å². The van der Waals surface area contributed by atoms with Crippen LogP contribution in [-0.4, -0.2) is 40.2 Å². The second kappa shape index (κ2) is 6.36. The minimum Gasteiger partial charge on any atom is -0.468 e. The first-order valence-corrected chi connectivity index (χ1v) is 7.71. The van der Waals surface area contributed by atoms with Crippen molar-refractivity contribution in [3.05, 3.63) is 41.6 Å². The lowest BCUT2D eigenvalue weighted by Crippen LogP contribution is -2.36. The molecule has 1 aliphatic heterocycles. The van der Waals surface area contributed by atoms with Crippen LogP contribution in [0.5, 0.6) is 0 Å². The van der Waals surface area contributed by atoms with Gasteiger partial charge in [0.1, 0.15) is 11.5 Å². The zero-order valence-electron chi connectivity index (χ0n) is 13.1. The molecule has 6 nitrogen and oxygen atoms in total. The number of nitrogens with one attached hydrogen (secondary N) is 1. The number of aryl methyl sites for hydroxylation is 2. The summed E-state index contributed by atoms with van der Waals surface area (Å²) >= 11 is 0. The fourth-order valence-electron chi connectivity index (χ4n) is 2.90. The van der Waals surface area contributed by atoms with E-state index in [1.54, 1.807) is 17.0 Å². The first-order chi connectivity index (χ1) is 10.6. The fourth-order valence-corrected chi connectivity index (χ4v) is 2.90. The van der Waals surface area contributed by atoms with E-state index in [2.05, 4.69) is 15.3 Å². The summed E-state index contributed by atoms with van der Waals surface area (Å²) in [4.78, 5) is 14.6. The molecule has 1 saturated heterocycles. The van der Waals surface area contributed by atoms with Crippen LogP contribution in [0.25, 0.3) is 0 Å². The molecule has 0 bridgehead atoms. The molecule has 1 fully saturated rings. The molecule has 22 heavy (non-hydrogen) atoms. The van der Waals surface area contributed by atoms with Gasteiger partial charge in [-0.05, 0) is 51.1 Å². The van der Waals surface area contributed by atoms with Gasteiger partial charge in [-0.1, -0.05) is 0 Å². The highest BCUT2D eigenvalue weighted by atomic mass is 16.3. The number of hydrogen-bond donors (Lipinski definition) is 1. The van der Waals surface area contributed by atoms with Gasteiger partial charge in [-0.25, -0.2) is 0 Å². The van der Waals surface area contributed by atoms with Gasteiger partial charge < -0.3 is 9.73 Å². The highest BCUT2D eigenvalue weighted by Crippen LogP contribution is 2.24. The summed E-state index contributed by atoms with van der Waals surface area (Å²) in [6, 6.07) is 5.75. The van der Waals surface area contributed by atoms with Crippen LogP contribution in [-0.2, 0) is 7.05 Å². The first-order valence-electron chi connectivity index (χ1n) is 7.71. The van der Waals surface area contributed by atoms with Crippen LogP contribution in [0.3, 0.4) is 0 Å². The lowest BCUT2D eigenvalue weighted by Gasteiger charge is -2.25. The molecule has 2 aromatic rings. The van der Waals surface area contributed by atoms with E-state index in [0.717, 1.165) is 24.5 Å². The number of nitrogens with zero attached hydrogens (tertiary/aromatic N) is 3. The van der Waals surface area contributed by atoms with Crippen LogP contribution >= 0.6 is 0 Å². The molecule has 0 spiro atoms. The van der Waals surface area contributed by atoms with Gasteiger partial charge in [0.2, 0.25) is 0 Å². The average molecular weight is 302 g/mol. The SMILES string of the molecule is Cc1cc(C(=O)NC[C@@H](c2ccco2)N2CCCC2)nn1C. The normalized spacial score (nSPS) is 16.8. The van der Waals surface area contributed by atoms with E-state index in [-0.39, 0.29) is 11.9 Å². The van der Waals surface area contributed by atoms with Gasteiger partial charge in [0, 0.05) is 19.3 Å². The van der Waals surface area contributed by atoms with Crippen LogP contribution in [0.2, 0.25) is 0 Å². The Balaban J connectivity index is 1.67. The number of aromatic nitrogens is 2. The molecule has 0 radical (unpaired) electrons. The molecule has 3 rings (SSSR count). The molecule has 118 valence electrons. The third-order valence-electron chi connectivity index (χ3n) is 4.26. The summed E-state index contributed by atoms with van der Waals surface area (Å²) < 4.78 is 7.26. The monoisotopic (exact) mass is 302 g/mol. The summed E-state index contributed by atoms with van der Waals surface area (Å²) in [6.07, 6.45) is 4.08. The molecule has 0 aromatic carbocycles. The molecule has 1 amide bonds. The van der Waals surface area contributed by atoms with E-state index in [4.69, 9.17) is 4.42 Å². The Labute approximate surface area is 130 Å². The average Bonchev–Trinajstić information content (AvgIpc) is 3.23. The summed E-state index contributed by atoms with van der Waals surface area (Å²) in [5.74, 6) is 0.763. The number of amides is 1. The van der Waals surface area contributed by atoms with Crippen molar-refractivity contribution in [2.75, 3.05) is 19.6 Å². The lowest BCUT2D eigenvalue weighted by atomic mass is 10.2. The van der Waals surface area contributed by atoms with Crippen LogP contribution < -0.4 is 5.32 Å². The maximum absolute atomic E-state index is 12.3. The number of carbonyl (C=O) groups excluding carboxylic acids is 1. The zero-order valence-corrected chi connectivity index (χ0v) is 13.1. The van der Waals surface area contributed by atoms with Crippen LogP contribution in [0.15, 0.2) is 28.9 Å². The van der Waals surface area contributed by atoms with E-state index >= 15 is 0 Å². The Kier molecular flexibility index (Phi) is 4.29. The molecule has 0 saturated carbocycles. The quantitative estimate of drug-likeness (QED) is 0.916. The first kappa shape index (κ1) is 14.8. The number of hydrogen-bond acceptors (Lipinski definition) is 4. The number of likely N-dealkylation sites (tertiary alicyclic amines) is 1. The Morgan fingerprint density at radius 1 is 1.45 bits per heavy atom. The predicted octanol–water partition coefficient (Wildman–Crippen LogP) is 1.89. The van der Waals surface area contributed by atoms with Gasteiger partial charge in [-0.2, -0.15) is 5.10 Å². The van der Waals surface area contributed by atoms with Crippen LogP contribution in [0.4, 0.5) is 0 Å². The van der Waals surface area contributed by atoms with Gasteiger partial charge in [-0.3, -0.25) is 14.4 Å². The van der Waals surface area contributed by atoms with E-state index in [1.165, 1.54) is 12.8 Å². The Bertz CT molecular complexity index is 607. The van der Waals surface area contributed by atoms with Crippen molar-refractivity contribution in [3.63, 3.8) is 0 Å². The van der Waals surface area contributed by atoms with Gasteiger partial charge >= 0.3 is 0 Å². The van der Waals surface area contributed by atoms with E-state index in [0.29, 0.717) is 12.2 Å². The van der Waals surface area contributed by atoms with Crippen molar-refractivity contribution >= 4 is 5.91 Å². The van der Waals surface area contributed by atoms with Gasteiger partial charge in [0.15, 0.2) is 0 Å².